The van der Waals surface area contributed by atoms with Crippen LogP contribution in [0.4, 0.5) is 15.0 Å². The minimum absolute atomic E-state index is 0.147. The zero-order chi connectivity index (χ0) is 32.3. The molecule has 4 unspecified atom stereocenters. The molecule has 0 radical (unpaired) electrons. The highest BCUT2D eigenvalue weighted by Gasteiger charge is 2.48. The minimum atomic E-state index is -1.31. The van der Waals surface area contributed by atoms with Crippen LogP contribution in [0.15, 0.2) is 35.3 Å². The predicted octanol–water partition coefficient (Wildman–Crippen LogP) is 6.53. The molecule has 11 nitrogen and oxygen atoms in total. The second-order valence-corrected chi connectivity index (χ2v) is 10.9. The maximum absolute atomic E-state index is 14.8. The van der Waals surface area contributed by atoms with Gasteiger partial charge in [0.1, 0.15) is 0 Å². The number of carbonyl (C=O) groups is 3. The van der Waals surface area contributed by atoms with Crippen molar-refractivity contribution in [2.24, 2.45) is 0 Å². The van der Waals surface area contributed by atoms with Crippen LogP contribution in [0.1, 0.15) is 111 Å². The smallest absolute Gasteiger partial charge is 0.412 e. The van der Waals surface area contributed by atoms with Crippen LogP contribution in [0.25, 0.3) is 0 Å². The predicted molar refractivity (Wildman–Crippen MR) is 163 cm³/mol. The van der Waals surface area contributed by atoms with Gasteiger partial charge in [0.25, 0.3) is 0 Å². The lowest BCUT2D eigenvalue weighted by Crippen LogP contribution is -2.40. The first kappa shape index (κ1) is 36.7. The third-order valence-electron chi connectivity index (χ3n) is 7.01. The summed E-state index contributed by atoms with van der Waals surface area (Å²) in [5.41, 5.74) is -0.982. The highest BCUT2D eigenvalue weighted by Crippen LogP contribution is 2.33. The molecule has 4 atom stereocenters. The van der Waals surface area contributed by atoms with Crippen molar-refractivity contribution in [1.29, 1.82) is 0 Å². The molecule has 2 rings (SSSR count). The Balaban J connectivity index is 1.69. The molecule has 1 N–H and O–H groups in total. The van der Waals surface area contributed by atoms with Crippen molar-refractivity contribution < 1.29 is 37.7 Å². The number of allylic oxidation sites excluding steroid dienone is 4. The molecule has 0 aliphatic carbocycles. The quantitative estimate of drug-likeness (QED) is 0.0792. The summed E-state index contributed by atoms with van der Waals surface area (Å²) in [6.07, 6.45) is 17.5. The van der Waals surface area contributed by atoms with Crippen molar-refractivity contribution in [3.63, 3.8) is 0 Å². The van der Waals surface area contributed by atoms with Gasteiger partial charge in [-0.3, -0.25) is 19.5 Å². The fourth-order valence-electron chi connectivity index (χ4n) is 4.80. The lowest BCUT2D eigenvalue weighted by Gasteiger charge is -2.23. The van der Waals surface area contributed by atoms with Gasteiger partial charge >= 0.3 is 23.7 Å². The fraction of sp³-hybridized carbons (Fsp3) is 0.656. The number of unbranched alkanes of at least 4 members (excludes halogenated alkanes) is 9. The molecule has 1 amide bonds. The van der Waals surface area contributed by atoms with Crippen molar-refractivity contribution in [2.45, 2.75) is 129 Å². The maximum atomic E-state index is 14.8. The average Bonchev–Trinajstić information content (AvgIpc) is 3.25. The van der Waals surface area contributed by atoms with Crippen molar-refractivity contribution in [3.8, 4) is 0 Å². The molecule has 12 heteroatoms. The molecule has 2 heterocycles. The van der Waals surface area contributed by atoms with E-state index in [0.29, 0.717) is 6.42 Å². The van der Waals surface area contributed by atoms with Crippen LogP contribution in [-0.2, 0) is 28.5 Å². The summed E-state index contributed by atoms with van der Waals surface area (Å²) >= 11 is 0. The number of nitrogens with one attached hydrogen (secondary N) is 1. The van der Waals surface area contributed by atoms with E-state index in [1.165, 1.54) is 32.6 Å². The van der Waals surface area contributed by atoms with Gasteiger partial charge in [-0.2, -0.15) is 4.98 Å². The third kappa shape index (κ3) is 13.4. The van der Waals surface area contributed by atoms with Crippen LogP contribution >= 0.6 is 0 Å². The summed E-state index contributed by atoms with van der Waals surface area (Å²) in [7, 11) is 0. The van der Waals surface area contributed by atoms with Crippen LogP contribution < -0.4 is 11.0 Å². The van der Waals surface area contributed by atoms with Crippen LogP contribution in [0.2, 0.25) is 0 Å². The van der Waals surface area contributed by atoms with Gasteiger partial charge in [-0.05, 0) is 45.4 Å². The summed E-state index contributed by atoms with van der Waals surface area (Å²) in [6.45, 7) is 6.23. The zero-order valence-corrected chi connectivity index (χ0v) is 26.4. The third-order valence-corrected chi connectivity index (χ3v) is 7.01. The minimum Gasteiger partial charge on any atom is -0.456 e. The molecule has 1 aromatic rings. The molecule has 1 aliphatic rings. The molecule has 1 aromatic heterocycles. The van der Waals surface area contributed by atoms with Gasteiger partial charge in [0, 0.05) is 13.8 Å². The van der Waals surface area contributed by atoms with Crippen molar-refractivity contribution in [3.05, 3.63) is 46.8 Å². The number of nitrogens with zero attached hydrogens (tertiary/aromatic N) is 2. The molecule has 1 aliphatic heterocycles. The van der Waals surface area contributed by atoms with E-state index < -0.39 is 59.9 Å². The highest BCUT2D eigenvalue weighted by atomic mass is 19.1. The summed E-state index contributed by atoms with van der Waals surface area (Å²) < 4.78 is 36.8. The Labute approximate surface area is 259 Å². The van der Waals surface area contributed by atoms with Crippen LogP contribution in [0.5, 0.6) is 0 Å². The molecule has 0 saturated carbocycles. The fourth-order valence-corrected chi connectivity index (χ4v) is 4.80. The number of ether oxygens (including phenoxy) is 4. The summed E-state index contributed by atoms with van der Waals surface area (Å²) in [5, 5.41) is 2.14. The number of hydrogen-bond donors (Lipinski definition) is 1. The first-order valence-electron chi connectivity index (χ1n) is 15.7. The van der Waals surface area contributed by atoms with Crippen LogP contribution in [-0.4, -0.2) is 52.5 Å². The number of halogens is 1. The Morgan fingerprint density at radius 2 is 1.52 bits per heavy atom. The normalized spacial score (nSPS) is 19.8. The van der Waals surface area contributed by atoms with E-state index in [2.05, 4.69) is 41.5 Å². The first-order chi connectivity index (χ1) is 21.1. The highest BCUT2D eigenvalue weighted by molar-refractivity contribution is 5.83. The number of anilines is 1. The summed E-state index contributed by atoms with van der Waals surface area (Å²) in [4.78, 5) is 51.6. The van der Waals surface area contributed by atoms with E-state index in [1.807, 2.05) is 0 Å². The zero-order valence-electron chi connectivity index (χ0n) is 26.4. The van der Waals surface area contributed by atoms with E-state index in [-0.39, 0.29) is 6.61 Å². The number of aromatic nitrogens is 2. The van der Waals surface area contributed by atoms with Crippen LogP contribution in [0.3, 0.4) is 0 Å². The van der Waals surface area contributed by atoms with Gasteiger partial charge in [0.05, 0.1) is 18.9 Å². The number of hydrogen-bond acceptors (Lipinski definition) is 9. The second-order valence-electron chi connectivity index (χ2n) is 10.9. The van der Waals surface area contributed by atoms with Crippen LogP contribution in [0, 0.1) is 5.82 Å². The van der Waals surface area contributed by atoms with Gasteiger partial charge in [0.2, 0.25) is 0 Å². The lowest BCUT2D eigenvalue weighted by atomic mass is 10.1. The van der Waals surface area contributed by atoms with E-state index in [0.717, 1.165) is 62.6 Å². The molecular weight excluding hydrogens is 573 g/mol. The van der Waals surface area contributed by atoms with Gasteiger partial charge in [-0.1, -0.05) is 69.8 Å². The van der Waals surface area contributed by atoms with Gasteiger partial charge < -0.3 is 18.9 Å². The lowest BCUT2D eigenvalue weighted by molar-refractivity contribution is -0.165. The monoisotopic (exact) mass is 621 g/mol. The Morgan fingerprint density at radius 3 is 2.16 bits per heavy atom. The SMILES string of the molecule is CCCCCC=CCC=CCCCCCCCCOC(=O)Nc1nc(=O)n(C2OC(C)C(OC(C)=O)C2OC(C)=O)cc1F. The molecule has 1 saturated heterocycles. The molecule has 246 valence electrons. The van der Waals surface area contributed by atoms with Gasteiger partial charge in [-0.15, -0.1) is 0 Å². The second kappa shape index (κ2) is 20.4. The molecular formula is C32H48FN3O8. The maximum Gasteiger partial charge on any atom is 0.412 e. The summed E-state index contributed by atoms with van der Waals surface area (Å²) in [6, 6.07) is 0. The largest absolute Gasteiger partial charge is 0.456 e. The molecule has 44 heavy (non-hydrogen) atoms. The van der Waals surface area contributed by atoms with E-state index >= 15 is 0 Å². The molecule has 0 aromatic carbocycles. The Hall–Kier alpha value is -3.54. The Bertz CT molecular complexity index is 1170. The van der Waals surface area contributed by atoms with E-state index in [9.17, 15) is 23.6 Å². The average molecular weight is 622 g/mol. The number of amides is 1. The number of rotatable bonds is 19. The van der Waals surface area contributed by atoms with Crippen molar-refractivity contribution in [1.82, 2.24) is 9.55 Å². The van der Waals surface area contributed by atoms with Crippen molar-refractivity contribution >= 4 is 23.8 Å². The molecule has 1 fully saturated rings. The molecule has 0 spiro atoms. The Morgan fingerprint density at radius 1 is 0.932 bits per heavy atom. The standard InChI is InChI=1S/C32H48FN3O8/c1-5-6-7-8-9-10-11-12-13-14-15-16-17-18-19-20-21-41-32(40)35-29-26(33)22-36(31(39)34-29)30-28(44-25(4)38)27(23(2)42-30)43-24(3)37/h9-10,12-13,22-23,27-28,30H,5-8,11,14-21H2,1-4H3,(H,34,35,39,40). The van der Waals surface area contributed by atoms with Crippen molar-refractivity contribution in [2.75, 3.05) is 11.9 Å². The molecule has 0 bridgehead atoms. The summed E-state index contributed by atoms with van der Waals surface area (Å²) in [5.74, 6) is -3.01. The topological polar surface area (TPSA) is 135 Å². The number of esters is 2. The van der Waals surface area contributed by atoms with Gasteiger partial charge in [0.15, 0.2) is 30.1 Å². The number of carbonyl (C=O) groups excluding carboxylic acids is 3. The van der Waals surface area contributed by atoms with E-state index in [4.69, 9.17) is 18.9 Å². The first-order valence-corrected chi connectivity index (χ1v) is 15.7. The van der Waals surface area contributed by atoms with Gasteiger partial charge in [-0.25, -0.2) is 14.0 Å². The Kier molecular flexibility index (Phi) is 17.0. The van der Waals surface area contributed by atoms with E-state index in [1.54, 1.807) is 6.92 Å².